The molecule has 1 heterocycles. The van der Waals surface area contributed by atoms with Crippen molar-refractivity contribution in [2.75, 3.05) is 4.90 Å². The van der Waals surface area contributed by atoms with Crippen LogP contribution in [-0.4, -0.2) is 11.8 Å². The fraction of sp³-hybridized carbons (Fsp3) is 0.167. The molecule has 3 aromatic carbocycles. The van der Waals surface area contributed by atoms with Gasteiger partial charge in [-0.3, -0.25) is 14.5 Å². The summed E-state index contributed by atoms with van der Waals surface area (Å²) in [6.45, 7) is 2.01. The van der Waals surface area contributed by atoms with E-state index < -0.39 is 0 Å². The fourth-order valence-electron chi connectivity index (χ4n) is 3.59. The van der Waals surface area contributed by atoms with Crippen molar-refractivity contribution in [3.63, 3.8) is 0 Å². The first-order valence-electron chi connectivity index (χ1n) is 9.38. The lowest BCUT2D eigenvalue weighted by atomic mass is 9.86. The molecule has 4 rings (SSSR count). The molecule has 0 radical (unpaired) electrons. The average Bonchev–Trinajstić information content (AvgIpc) is 3.03. The van der Waals surface area contributed by atoms with Gasteiger partial charge in [-0.05, 0) is 47.9 Å². The van der Waals surface area contributed by atoms with Crippen LogP contribution in [0.15, 0.2) is 84.9 Å². The molecule has 0 aromatic heterocycles. The van der Waals surface area contributed by atoms with Gasteiger partial charge >= 0.3 is 0 Å². The minimum atomic E-state index is -0.338. The molecule has 1 saturated heterocycles. The van der Waals surface area contributed by atoms with E-state index in [4.69, 9.17) is 4.74 Å². The van der Waals surface area contributed by atoms with E-state index in [-0.39, 0.29) is 30.1 Å². The summed E-state index contributed by atoms with van der Waals surface area (Å²) >= 11 is 0. The third-order valence-electron chi connectivity index (χ3n) is 5.18. The molecule has 0 unspecified atom stereocenters. The van der Waals surface area contributed by atoms with Gasteiger partial charge in [-0.1, -0.05) is 55.5 Å². The standard InChI is InChI=1S/C24H21NO3/c1-17(18-8-4-2-5-9-18)22-16-23(26)25(24(22)27)19-12-14-21(15-13-19)28-20-10-6-3-7-11-20/h2-15,17,22H,16H2,1H3/t17-,22-/m0/s1. The van der Waals surface area contributed by atoms with Crippen LogP contribution in [0.1, 0.15) is 24.8 Å². The van der Waals surface area contributed by atoms with E-state index in [1.165, 1.54) is 4.90 Å². The second kappa shape index (κ2) is 7.69. The Morgan fingerprint density at radius 1 is 0.821 bits per heavy atom. The van der Waals surface area contributed by atoms with E-state index in [1.54, 1.807) is 24.3 Å². The van der Waals surface area contributed by atoms with Gasteiger partial charge in [0, 0.05) is 6.42 Å². The molecule has 0 N–H and O–H groups in total. The van der Waals surface area contributed by atoms with E-state index in [0.717, 1.165) is 11.3 Å². The molecule has 0 bridgehead atoms. The van der Waals surface area contributed by atoms with E-state index in [2.05, 4.69) is 0 Å². The summed E-state index contributed by atoms with van der Waals surface area (Å²) in [4.78, 5) is 26.9. The maximum absolute atomic E-state index is 13.0. The van der Waals surface area contributed by atoms with Crippen LogP contribution in [0.3, 0.4) is 0 Å². The van der Waals surface area contributed by atoms with Crippen LogP contribution >= 0.6 is 0 Å². The van der Waals surface area contributed by atoms with Crippen LogP contribution in [0.4, 0.5) is 5.69 Å². The Morgan fingerprint density at radius 3 is 2.04 bits per heavy atom. The van der Waals surface area contributed by atoms with Gasteiger partial charge in [0.1, 0.15) is 11.5 Å². The number of hydrogen-bond donors (Lipinski definition) is 0. The third-order valence-corrected chi connectivity index (χ3v) is 5.18. The van der Waals surface area contributed by atoms with Crippen LogP contribution in [0, 0.1) is 5.92 Å². The predicted molar refractivity (Wildman–Crippen MR) is 108 cm³/mol. The summed E-state index contributed by atoms with van der Waals surface area (Å²) in [5.41, 5.74) is 1.65. The van der Waals surface area contributed by atoms with Crippen molar-refractivity contribution in [2.45, 2.75) is 19.3 Å². The SMILES string of the molecule is C[C@@H](c1ccccc1)[C@@H]1CC(=O)N(c2ccc(Oc3ccccc3)cc2)C1=O. The number of carbonyl (C=O) groups is 2. The summed E-state index contributed by atoms with van der Waals surface area (Å²) in [6.07, 6.45) is 0.233. The van der Waals surface area contributed by atoms with Gasteiger partial charge in [-0.15, -0.1) is 0 Å². The summed E-state index contributed by atoms with van der Waals surface area (Å²) in [5, 5.41) is 0. The van der Waals surface area contributed by atoms with E-state index >= 15 is 0 Å². The van der Waals surface area contributed by atoms with Crippen molar-refractivity contribution < 1.29 is 14.3 Å². The summed E-state index contributed by atoms with van der Waals surface area (Å²) in [6, 6.07) is 26.4. The van der Waals surface area contributed by atoms with Gasteiger partial charge in [0.25, 0.3) is 0 Å². The van der Waals surface area contributed by atoms with Gasteiger partial charge in [0.2, 0.25) is 11.8 Å². The van der Waals surface area contributed by atoms with Crippen LogP contribution < -0.4 is 9.64 Å². The number of anilines is 1. The van der Waals surface area contributed by atoms with Gasteiger partial charge in [-0.2, -0.15) is 0 Å². The van der Waals surface area contributed by atoms with Gasteiger partial charge in [0.05, 0.1) is 11.6 Å². The fourth-order valence-corrected chi connectivity index (χ4v) is 3.59. The van der Waals surface area contributed by atoms with Gasteiger partial charge < -0.3 is 4.74 Å². The lowest BCUT2D eigenvalue weighted by Gasteiger charge is -2.19. The summed E-state index contributed by atoms with van der Waals surface area (Å²) in [7, 11) is 0. The lowest BCUT2D eigenvalue weighted by Crippen LogP contribution is -2.31. The number of carbonyl (C=O) groups excluding carboxylic acids is 2. The van der Waals surface area contributed by atoms with Crippen molar-refractivity contribution in [1.29, 1.82) is 0 Å². The Bertz CT molecular complexity index is 968. The first-order valence-corrected chi connectivity index (χ1v) is 9.38. The summed E-state index contributed by atoms with van der Waals surface area (Å²) < 4.78 is 5.78. The van der Waals surface area contributed by atoms with E-state index in [1.807, 2.05) is 67.6 Å². The quantitative estimate of drug-likeness (QED) is 0.582. The Labute approximate surface area is 164 Å². The molecule has 4 nitrogen and oxygen atoms in total. The maximum atomic E-state index is 13.0. The van der Waals surface area contributed by atoms with E-state index in [9.17, 15) is 9.59 Å². The zero-order valence-corrected chi connectivity index (χ0v) is 15.6. The molecule has 2 atom stereocenters. The smallest absolute Gasteiger partial charge is 0.237 e. The van der Waals surface area contributed by atoms with Crippen LogP contribution in [0.25, 0.3) is 0 Å². The molecule has 0 saturated carbocycles. The first kappa shape index (κ1) is 18.0. The number of imide groups is 1. The van der Waals surface area contributed by atoms with Crippen molar-refractivity contribution >= 4 is 17.5 Å². The average molecular weight is 371 g/mol. The highest BCUT2D eigenvalue weighted by Gasteiger charge is 2.42. The molecule has 2 amide bonds. The van der Waals surface area contributed by atoms with Gasteiger partial charge in [0.15, 0.2) is 0 Å². The normalized spacial score (nSPS) is 17.6. The largest absolute Gasteiger partial charge is 0.457 e. The number of amides is 2. The lowest BCUT2D eigenvalue weighted by molar-refractivity contribution is -0.122. The first-order chi connectivity index (χ1) is 13.6. The molecule has 4 heteroatoms. The molecule has 1 fully saturated rings. The van der Waals surface area contributed by atoms with E-state index in [0.29, 0.717) is 11.4 Å². The second-order valence-corrected chi connectivity index (χ2v) is 6.99. The molecule has 28 heavy (non-hydrogen) atoms. The Hall–Kier alpha value is -3.40. The minimum absolute atomic E-state index is 0.0108. The van der Waals surface area contributed by atoms with Crippen molar-refractivity contribution in [3.05, 3.63) is 90.5 Å². The number of para-hydroxylation sites is 1. The van der Waals surface area contributed by atoms with Gasteiger partial charge in [-0.25, -0.2) is 0 Å². The van der Waals surface area contributed by atoms with Crippen molar-refractivity contribution in [1.82, 2.24) is 0 Å². The number of rotatable bonds is 5. The molecular formula is C24H21NO3. The minimum Gasteiger partial charge on any atom is -0.457 e. The Balaban J connectivity index is 1.51. The molecule has 1 aliphatic heterocycles. The number of hydrogen-bond acceptors (Lipinski definition) is 3. The molecule has 1 aliphatic rings. The highest BCUT2D eigenvalue weighted by molar-refractivity contribution is 6.21. The summed E-state index contributed by atoms with van der Waals surface area (Å²) in [5.74, 6) is 0.745. The number of nitrogens with zero attached hydrogens (tertiary/aromatic N) is 1. The maximum Gasteiger partial charge on any atom is 0.237 e. The molecule has 0 spiro atoms. The topological polar surface area (TPSA) is 46.6 Å². The monoisotopic (exact) mass is 371 g/mol. The van der Waals surface area contributed by atoms with Crippen LogP contribution in [0.2, 0.25) is 0 Å². The number of ether oxygens (including phenoxy) is 1. The zero-order valence-electron chi connectivity index (χ0n) is 15.6. The third kappa shape index (κ3) is 3.54. The van der Waals surface area contributed by atoms with Crippen LogP contribution in [-0.2, 0) is 9.59 Å². The van der Waals surface area contributed by atoms with Crippen molar-refractivity contribution in [3.8, 4) is 11.5 Å². The molecule has 0 aliphatic carbocycles. The Kier molecular flexibility index (Phi) is 4.94. The molecule has 140 valence electrons. The highest BCUT2D eigenvalue weighted by Crippen LogP contribution is 2.36. The Morgan fingerprint density at radius 2 is 1.39 bits per heavy atom. The number of benzene rings is 3. The zero-order chi connectivity index (χ0) is 19.5. The molecular weight excluding hydrogens is 350 g/mol. The second-order valence-electron chi connectivity index (χ2n) is 6.99. The predicted octanol–water partition coefficient (Wildman–Crippen LogP) is 5.16. The van der Waals surface area contributed by atoms with Crippen LogP contribution in [0.5, 0.6) is 11.5 Å². The molecule has 3 aromatic rings. The highest BCUT2D eigenvalue weighted by atomic mass is 16.5. The van der Waals surface area contributed by atoms with Crippen molar-refractivity contribution in [2.24, 2.45) is 5.92 Å².